The summed E-state index contributed by atoms with van der Waals surface area (Å²) in [7, 11) is 0. The molecule has 0 bridgehead atoms. The summed E-state index contributed by atoms with van der Waals surface area (Å²) in [4.78, 5) is 0. The zero-order valence-electron chi connectivity index (χ0n) is 18.7. The van der Waals surface area contributed by atoms with Crippen LogP contribution in [-0.4, -0.2) is 10.2 Å². The normalized spacial score (nSPS) is 19.4. The summed E-state index contributed by atoms with van der Waals surface area (Å²) >= 11 is 0. The van der Waals surface area contributed by atoms with Crippen molar-refractivity contribution in [3.8, 4) is 11.5 Å². The highest BCUT2D eigenvalue weighted by atomic mass is 16.3. The Balaban J connectivity index is 3.16. The average molecular weight is 290 g/mol. The molecule has 0 heterocycles. The maximum Gasteiger partial charge on any atom is 0.115 e. The van der Waals surface area contributed by atoms with Crippen molar-refractivity contribution in [2.24, 2.45) is 5.41 Å². The summed E-state index contributed by atoms with van der Waals surface area (Å²) in [6, 6.07) is 3.67. The van der Waals surface area contributed by atoms with Crippen LogP contribution in [0, 0.1) is 5.41 Å². The lowest BCUT2D eigenvalue weighted by molar-refractivity contribution is 0.220. The number of rotatable bonds is 3. The SMILES string of the molecule is [2H]c1c([2H])c(C(c2ccc(O)cc2)(C([2H])([2H])C)C(C)(C)C)c([2H])c([2H])c1O. The van der Waals surface area contributed by atoms with Gasteiger partial charge in [0, 0.05) is 8.16 Å². The largest absolute Gasteiger partial charge is 0.508 e. The molecule has 0 amide bonds. The second-order valence-corrected chi connectivity index (χ2v) is 6.02. The van der Waals surface area contributed by atoms with Gasteiger partial charge in [0.05, 0.1) is 5.48 Å². The van der Waals surface area contributed by atoms with Crippen LogP contribution in [0.4, 0.5) is 0 Å². The first-order valence-corrected chi connectivity index (χ1v) is 6.77. The van der Waals surface area contributed by atoms with E-state index in [1.54, 1.807) is 20.8 Å². The lowest BCUT2D eigenvalue weighted by Crippen LogP contribution is -2.40. The number of aromatic hydroxyl groups is 2. The van der Waals surface area contributed by atoms with Crippen LogP contribution in [0.3, 0.4) is 0 Å². The molecule has 2 nitrogen and oxygen atoms in total. The summed E-state index contributed by atoms with van der Waals surface area (Å²) < 4.78 is 50.2. The van der Waals surface area contributed by atoms with Crippen LogP contribution in [0.5, 0.6) is 11.5 Å². The van der Waals surface area contributed by atoms with Crippen molar-refractivity contribution in [3.63, 3.8) is 0 Å². The van der Waals surface area contributed by atoms with Crippen LogP contribution in [0.2, 0.25) is 0 Å². The number of phenols is 2. The van der Waals surface area contributed by atoms with Crippen LogP contribution in [-0.2, 0) is 5.41 Å². The summed E-state index contributed by atoms with van der Waals surface area (Å²) in [5.74, 6) is -0.776. The summed E-state index contributed by atoms with van der Waals surface area (Å²) in [6.45, 7) is 6.63. The topological polar surface area (TPSA) is 40.5 Å². The average Bonchev–Trinajstić information content (AvgIpc) is 2.54. The number of hydrogen-bond donors (Lipinski definition) is 2. The minimum atomic E-state index is -2.01. The summed E-state index contributed by atoms with van der Waals surface area (Å²) in [5, 5.41) is 19.6. The molecule has 1 unspecified atom stereocenters. The van der Waals surface area contributed by atoms with Crippen molar-refractivity contribution < 1.29 is 18.4 Å². The first kappa shape index (κ1) is 9.14. The Kier molecular flexibility index (Phi) is 2.37. The van der Waals surface area contributed by atoms with Crippen molar-refractivity contribution in [2.75, 3.05) is 0 Å². The maximum absolute atomic E-state index is 9.93. The monoisotopic (exact) mass is 290 g/mol. The van der Waals surface area contributed by atoms with Crippen molar-refractivity contribution >= 4 is 0 Å². The van der Waals surface area contributed by atoms with Crippen LogP contribution in [0.15, 0.2) is 48.4 Å². The quantitative estimate of drug-likeness (QED) is 0.849. The van der Waals surface area contributed by atoms with E-state index in [2.05, 4.69) is 0 Å². The van der Waals surface area contributed by atoms with Gasteiger partial charge in [0.2, 0.25) is 0 Å². The second-order valence-electron chi connectivity index (χ2n) is 6.02. The van der Waals surface area contributed by atoms with Gasteiger partial charge in [-0.2, -0.15) is 0 Å². The van der Waals surface area contributed by atoms with Crippen molar-refractivity contribution in [3.05, 3.63) is 59.6 Å². The highest BCUT2D eigenvalue weighted by Gasteiger charge is 2.43. The first-order valence-electron chi connectivity index (χ1n) is 9.77. The molecule has 0 radical (unpaired) electrons. The van der Waals surface area contributed by atoms with Gasteiger partial charge < -0.3 is 10.2 Å². The van der Waals surface area contributed by atoms with Crippen LogP contribution in [0.1, 0.15) is 53.4 Å². The Morgan fingerprint density at radius 2 is 1.43 bits per heavy atom. The molecular formula is C19H24O2. The van der Waals surface area contributed by atoms with Gasteiger partial charge in [0.15, 0.2) is 0 Å². The Hall–Kier alpha value is -1.96. The minimum Gasteiger partial charge on any atom is -0.508 e. The first-order chi connectivity index (χ1) is 12.2. The molecule has 2 heteroatoms. The van der Waals surface area contributed by atoms with E-state index in [0.717, 1.165) is 0 Å². The van der Waals surface area contributed by atoms with Gasteiger partial charge in [-0.1, -0.05) is 51.9 Å². The van der Waals surface area contributed by atoms with E-state index >= 15 is 0 Å². The van der Waals surface area contributed by atoms with Gasteiger partial charge in [-0.25, -0.2) is 0 Å². The highest BCUT2D eigenvalue weighted by Crippen LogP contribution is 2.49. The van der Waals surface area contributed by atoms with E-state index in [1.807, 2.05) is 0 Å². The lowest BCUT2D eigenvalue weighted by Gasteiger charge is -2.46. The molecule has 0 fully saturated rings. The van der Waals surface area contributed by atoms with E-state index in [1.165, 1.54) is 31.2 Å². The van der Waals surface area contributed by atoms with Gasteiger partial charge in [-0.15, -0.1) is 0 Å². The fourth-order valence-corrected chi connectivity index (χ4v) is 2.80. The molecule has 2 N–H and O–H groups in total. The Morgan fingerprint density at radius 3 is 1.86 bits per heavy atom. The molecule has 0 aliphatic heterocycles. The van der Waals surface area contributed by atoms with Gasteiger partial charge in [0.25, 0.3) is 0 Å². The molecule has 0 aliphatic carbocycles. The Bertz CT molecular complexity index is 821. The van der Waals surface area contributed by atoms with Crippen LogP contribution in [0.25, 0.3) is 0 Å². The molecule has 112 valence electrons. The molecule has 0 spiro atoms. The molecule has 1 atom stereocenters. The van der Waals surface area contributed by atoms with Crippen LogP contribution < -0.4 is 0 Å². The highest BCUT2D eigenvalue weighted by molar-refractivity contribution is 5.44. The predicted molar refractivity (Wildman–Crippen MR) is 86.7 cm³/mol. The maximum atomic E-state index is 9.93. The van der Waals surface area contributed by atoms with Gasteiger partial charge >= 0.3 is 0 Å². The minimum absolute atomic E-state index is 0.0107. The third-order valence-electron chi connectivity index (χ3n) is 3.79. The van der Waals surface area contributed by atoms with Crippen molar-refractivity contribution in [2.45, 2.75) is 39.5 Å². The van der Waals surface area contributed by atoms with Gasteiger partial charge in [-0.05, 0) is 47.1 Å². The second kappa shape index (κ2) is 5.44. The molecule has 21 heavy (non-hydrogen) atoms. The van der Waals surface area contributed by atoms with Gasteiger partial charge in [-0.3, -0.25) is 0 Å². The molecule has 2 aromatic carbocycles. The zero-order valence-corrected chi connectivity index (χ0v) is 12.7. The molecule has 2 aromatic rings. The van der Waals surface area contributed by atoms with Crippen molar-refractivity contribution in [1.29, 1.82) is 0 Å². The van der Waals surface area contributed by atoms with E-state index in [0.29, 0.717) is 5.56 Å². The Morgan fingerprint density at radius 1 is 0.905 bits per heavy atom. The predicted octanol–water partition coefficient (Wildman–Crippen LogP) is 4.84. The number of hydrogen-bond acceptors (Lipinski definition) is 2. The van der Waals surface area contributed by atoms with Crippen molar-refractivity contribution in [1.82, 2.24) is 0 Å². The summed E-state index contributed by atoms with van der Waals surface area (Å²) in [6.07, 6.45) is -2.01. The molecular weight excluding hydrogens is 260 g/mol. The van der Waals surface area contributed by atoms with Crippen LogP contribution >= 0.6 is 0 Å². The number of phenolic OH excluding ortho intramolecular Hbond substituents is 2. The Labute approximate surface area is 135 Å². The van der Waals surface area contributed by atoms with E-state index in [9.17, 15) is 10.2 Å². The smallest absolute Gasteiger partial charge is 0.115 e. The molecule has 0 saturated heterocycles. The fraction of sp³-hybridized carbons (Fsp3) is 0.368. The van der Waals surface area contributed by atoms with Gasteiger partial charge in [0.1, 0.15) is 11.5 Å². The standard InChI is InChI=1S/C19H24O2/c1-5-19(18(2,3)4,14-6-10-16(20)11-7-14)15-8-12-17(21)13-9-15/h6-13,20-21H,5H2,1-4H3/i5D2,6D,7D,10D,11D. The lowest BCUT2D eigenvalue weighted by atomic mass is 9.58. The molecule has 0 saturated carbocycles. The third-order valence-corrected chi connectivity index (χ3v) is 3.79. The van der Waals surface area contributed by atoms with E-state index < -0.39 is 47.1 Å². The third kappa shape index (κ3) is 2.63. The summed E-state index contributed by atoms with van der Waals surface area (Å²) in [5.41, 5.74) is -2.20. The molecule has 0 aromatic heterocycles. The zero-order chi connectivity index (χ0) is 20.9. The molecule has 2 rings (SSSR count). The molecule has 0 aliphatic rings. The fourth-order valence-electron chi connectivity index (χ4n) is 2.80. The van der Waals surface area contributed by atoms with E-state index in [-0.39, 0.29) is 11.3 Å². The van der Waals surface area contributed by atoms with E-state index in [4.69, 9.17) is 8.22 Å². The number of benzene rings is 2.